The minimum Gasteiger partial charge on any atom is -0.492 e. The Morgan fingerprint density at radius 1 is 1.80 bits per heavy atom. The molecule has 0 atom stereocenters. The number of ether oxygens (including phenoxy) is 1. The van der Waals surface area contributed by atoms with E-state index in [9.17, 15) is 0 Å². The minimum atomic E-state index is 0.654. The minimum absolute atomic E-state index is 0.654. The van der Waals surface area contributed by atoms with E-state index in [1.807, 2.05) is 6.92 Å². The largest absolute Gasteiger partial charge is 0.492 e. The van der Waals surface area contributed by atoms with E-state index in [-0.39, 0.29) is 0 Å². The van der Waals surface area contributed by atoms with Crippen molar-refractivity contribution in [2.75, 3.05) is 7.11 Å². The van der Waals surface area contributed by atoms with Crippen molar-refractivity contribution < 1.29 is 4.74 Å². The fraction of sp³-hybridized carbons (Fsp3) is 0.500. The van der Waals surface area contributed by atoms with Crippen molar-refractivity contribution in [3.8, 4) is 5.75 Å². The zero-order valence-electron chi connectivity index (χ0n) is 5.89. The summed E-state index contributed by atoms with van der Waals surface area (Å²) < 4.78 is 7.55. The van der Waals surface area contributed by atoms with Gasteiger partial charge in [-0.2, -0.15) is 5.10 Å². The number of hydrogen-bond donors (Lipinski definition) is 0. The van der Waals surface area contributed by atoms with Gasteiger partial charge in [0.25, 0.3) is 0 Å². The Morgan fingerprint density at radius 3 is 2.80 bits per heavy atom. The lowest BCUT2D eigenvalue weighted by Gasteiger charge is -1.97. The molecule has 1 aromatic rings. The zero-order chi connectivity index (χ0) is 7.56. The van der Waals surface area contributed by atoms with Crippen molar-refractivity contribution in [1.82, 2.24) is 9.78 Å². The molecule has 10 heavy (non-hydrogen) atoms. The fourth-order valence-electron chi connectivity index (χ4n) is 0.652. The normalized spacial score (nSPS) is 9.90. The molecule has 0 saturated carbocycles. The van der Waals surface area contributed by atoms with Crippen LogP contribution in [-0.2, 0) is 6.54 Å². The second kappa shape index (κ2) is 3.05. The molecule has 1 heterocycles. The summed E-state index contributed by atoms with van der Waals surface area (Å²) in [5.74, 6) is 0.654. The van der Waals surface area contributed by atoms with E-state index < -0.39 is 0 Å². The van der Waals surface area contributed by atoms with Gasteiger partial charge in [-0.15, -0.1) is 0 Å². The van der Waals surface area contributed by atoms with Crippen LogP contribution in [0.1, 0.15) is 6.92 Å². The fourth-order valence-corrected chi connectivity index (χ4v) is 1.23. The maximum Gasteiger partial charge on any atom is 0.181 e. The maximum atomic E-state index is 4.94. The maximum absolute atomic E-state index is 4.94. The number of hydrogen-bond acceptors (Lipinski definition) is 2. The molecule has 0 aliphatic heterocycles. The Labute approximate surface area is 68.1 Å². The molecular weight excluding hydrogens is 196 g/mol. The molecule has 55 valence electrons. The molecule has 0 bridgehead atoms. The molecule has 0 saturated heterocycles. The topological polar surface area (TPSA) is 27.1 Å². The number of aryl methyl sites for hydroxylation is 1. The lowest BCUT2D eigenvalue weighted by molar-refractivity contribution is 0.410. The van der Waals surface area contributed by atoms with Crippen LogP contribution in [0.25, 0.3) is 0 Å². The highest BCUT2D eigenvalue weighted by atomic mass is 79.9. The van der Waals surface area contributed by atoms with Crippen LogP contribution >= 0.6 is 15.9 Å². The monoisotopic (exact) mass is 203 g/mol. The van der Waals surface area contributed by atoms with Gasteiger partial charge in [-0.05, 0) is 22.9 Å². The number of rotatable bonds is 2. The molecule has 1 radical (unpaired) electrons. The second-order valence-electron chi connectivity index (χ2n) is 1.75. The van der Waals surface area contributed by atoms with Gasteiger partial charge in [0.1, 0.15) is 4.60 Å². The average Bonchev–Trinajstić information content (AvgIpc) is 2.30. The van der Waals surface area contributed by atoms with Crippen LogP contribution in [0.15, 0.2) is 4.60 Å². The summed E-state index contributed by atoms with van der Waals surface area (Å²) in [6.45, 7) is 2.82. The van der Waals surface area contributed by atoms with E-state index in [1.54, 1.807) is 11.8 Å². The van der Waals surface area contributed by atoms with E-state index in [1.165, 1.54) is 0 Å². The Kier molecular flexibility index (Phi) is 2.32. The van der Waals surface area contributed by atoms with Crippen LogP contribution in [0.4, 0.5) is 0 Å². The van der Waals surface area contributed by atoms with E-state index in [2.05, 4.69) is 27.2 Å². The molecule has 0 aliphatic carbocycles. The number of methoxy groups -OCH3 is 1. The lowest BCUT2D eigenvalue weighted by Crippen LogP contribution is -1.95. The Bertz CT molecular complexity index is 200. The smallest absolute Gasteiger partial charge is 0.181 e. The summed E-state index contributed by atoms with van der Waals surface area (Å²) in [5, 5.41) is 3.92. The first-order chi connectivity index (χ1) is 4.79. The van der Waals surface area contributed by atoms with E-state index >= 15 is 0 Å². The predicted molar refractivity (Wildman–Crippen MR) is 41.0 cm³/mol. The van der Waals surface area contributed by atoms with Crippen molar-refractivity contribution in [3.05, 3.63) is 10.8 Å². The van der Waals surface area contributed by atoms with E-state index in [0.29, 0.717) is 5.75 Å². The summed E-state index contributed by atoms with van der Waals surface area (Å²) in [6, 6.07) is 0. The Morgan fingerprint density at radius 2 is 2.50 bits per heavy atom. The van der Waals surface area contributed by atoms with Gasteiger partial charge in [-0.3, -0.25) is 4.68 Å². The lowest BCUT2D eigenvalue weighted by atomic mass is 10.6. The van der Waals surface area contributed by atoms with Crippen molar-refractivity contribution >= 4 is 15.9 Å². The van der Waals surface area contributed by atoms with Gasteiger partial charge in [0.15, 0.2) is 11.9 Å². The standard InChI is InChI=1S/C6H8BrN2O/c1-3-9-6(7)5(10-2)4-8-9/h3H2,1-2H3. The van der Waals surface area contributed by atoms with Gasteiger partial charge in [0.05, 0.1) is 7.11 Å². The third kappa shape index (κ3) is 1.16. The van der Waals surface area contributed by atoms with E-state index in [0.717, 1.165) is 11.1 Å². The Hall–Kier alpha value is -0.510. The van der Waals surface area contributed by atoms with Crippen molar-refractivity contribution in [1.29, 1.82) is 0 Å². The molecule has 1 aromatic heterocycles. The van der Waals surface area contributed by atoms with Crippen molar-refractivity contribution in [2.24, 2.45) is 0 Å². The molecular formula is C6H8BrN2O. The third-order valence-corrected chi connectivity index (χ3v) is 1.96. The molecule has 4 heteroatoms. The highest BCUT2D eigenvalue weighted by molar-refractivity contribution is 9.10. The molecule has 0 fully saturated rings. The quantitative estimate of drug-likeness (QED) is 0.729. The summed E-state index contributed by atoms with van der Waals surface area (Å²) in [5.41, 5.74) is 0. The highest BCUT2D eigenvalue weighted by Crippen LogP contribution is 2.22. The molecule has 0 spiro atoms. The van der Waals surface area contributed by atoms with Gasteiger partial charge in [0.2, 0.25) is 0 Å². The Balaban J connectivity index is 2.97. The SMILES string of the molecule is CCn1n[c]c(OC)c1Br. The summed E-state index contributed by atoms with van der Waals surface area (Å²) in [6.07, 6.45) is 2.72. The molecule has 0 aliphatic rings. The van der Waals surface area contributed by atoms with Crippen LogP contribution in [0, 0.1) is 6.20 Å². The third-order valence-electron chi connectivity index (χ3n) is 1.19. The number of nitrogens with zero attached hydrogens (tertiary/aromatic N) is 2. The highest BCUT2D eigenvalue weighted by Gasteiger charge is 2.05. The molecule has 1 rings (SSSR count). The average molecular weight is 204 g/mol. The van der Waals surface area contributed by atoms with Crippen LogP contribution in [-0.4, -0.2) is 16.9 Å². The van der Waals surface area contributed by atoms with Gasteiger partial charge < -0.3 is 4.74 Å². The first-order valence-electron chi connectivity index (χ1n) is 2.97. The van der Waals surface area contributed by atoms with Gasteiger partial charge in [0, 0.05) is 6.54 Å². The number of aromatic nitrogens is 2. The number of halogens is 1. The first-order valence-corrected chi connectivity index (χ1v) is 3.76. The van der Waals surface area contributed by atoms with Crippen LogP contribution in [0.2, 0.25) is 0 Å². The van der Waals surface area contributed by atoms with Crippen molar-refractivity contribution in [3.63, 3.8) is 0 Å². The first kappa shape index (κ1) is 7.60. The van der Waals surface area contributed by atoms with Crippen LogP contribution in [0.3, 0.4) is 0 Å². The molecule has 3 nitrogen and oxygen atoms in total. The second-order valence-corrected chi connectivity index (χ2v) is 2.50. The summed E-state index contributed by atoms with van der Waals surface area (Å²) >= 11 is 3.32. The van der Waals surface area contributed by atoms with Gasteiger partial charge >= 0.3 is 0 Å². The molecule has 0 unspecified atom stereocenters. The predicted octanol–water partition coefficient (Wildman–Crippen LogP) is 1.47. The zero-order valence-corrected chi connectivity index (χ0v) is 7.47. The molecule has 0 N–H and O–H groups in total. The molecule has 0 aromatic carbocycles. The van der Waals surface area contributed by atoms with Gasteiger partial charge in [-0.25, -0.2) is 0 Å². The summed E-state index contributed by atoms with van der Waals surface area (Å²) in [4.78, 5) is 0. The van der Waals surface area contributed by atoms with Crippen LogP contribution in [0.5, 0.6) is 5.75 Å². The van der Waals surface area contributed by atoms with Crippen molar-refractivity contribution in [2.45, 2.75) is 13.5 Å². The van der Waals surface area contributed by atoms with Gasteiger partial charge in [-0.1, -0.05) is 0 Å². The molecule has 0 amide bonds. The van der Waals surface area contributed by atoms with Crippen LogP contribution < -0.4 is 4.74 Å². The summed E-state index contributed by atoms with van der Waals surface area (Å²) in [7, 11) is 1.60. The van der Waals surface area contributed by atoms with E-state index in [4.69, 9.17) is 4.74 Å².